The van der Waals surface area contributed by atoms with Gasteiger partial charge in [0, 0.05) is 56.6 Å². The number of nitrogens with zero attached hydrogens (tertiary/aromatic N) is 5. The minimum absolute atomic E-state index is 0.0180. The van der Waals surface area contributed by atoms with Crippen LogP contribution in [0.15, 0.2) is 55.1 Å². The summed E-state index contributed by atoms with van der Waals surface area (Å²) in [5.41, 5.74) is 6.86. The normalized spacial score (nSPS) is 17.5. The lowest BCUT2D eigenvalue weighted by molar-refractivity contribution is 0.171. The molecule has 5 rings (SSSR count). The lowest BCUT2D eigenvalue weighted by atomic mass is 10.1. The highest BCUT2D eigenvalue weighted by molar-refractivity contribution is 5.91. The summed E-state index contributed by atoms with van der Waals surface area (Å²) in [5, 5.41) is 3.07. The van der Waals surface area contributed by atoms with Crippen LogP contribution >= 0.6 is 0 Å². The molecule has 168 valence electrons. The van der Waals surface area contributed by atoms with Gasteiger partial charge in [-0.25, -0.2) is 14.8 Å². The zero-order chi connectivity index (χ0) is 22.8. The third kappa shape index (κ3) is 4.44. The molecular formula is C26H28N6O. The van der Waals surface area contributed by atoms with Crippen LogP contribution in [0.4, 0.5) is 10.6 Å². The molecular weight excluding hydrogens is 412 g/mol. The molecule has 7 heteroatoms. The van der Waals surface area contributed by atoms with Gasteiger partial charge in [-0.05, 0) is 48.8 Å². The van der Waals surface area contributed by atoms with Gasteiger partial charge in [0.15, 0.2) is 0 Å². The van der Waals surface area contributed by atoms with Crippen LogP contribution < -0.4 is 10.2 Å². The smallest absolute Gasteiger partial charge is 0.318 e. The number of nitrogens with one attached hydrogen (secondary N) is 1. The van der Waals surface area contributed by atoms with Gasteiger partial charge in [0.2, 0.25) is 0 Å². The van der Waals surface area contributed by atoms with Crippen molar-refractivity contribution in [3.05, 3.63) is 83.1 Å². The summed E-state index contributed by atoms with van der Waals surface area (Å²) in [7, 11) is 0. The van der Waals surface area contributed by atoms with E-state index >= 15 is 0 Å². The molecule has 0 radical (unpaired) electrons. The summed E-state index contributed by atoms with van der Waals surface area (Å²) in [6.45, 7) is 6.82. The van der Waals surface area contributed by atoms with Crippen molar-refractivity contribution in [2.75, 3.05) is 24.5 Å². The standard InChI is InChI=1S/C26H28N6O/c1-18-3-5-20(6-4-18)15-28-26(33)32-12-11-31(16-19(32)2)25-23-13-22(14-24(23)29-17-30-25)21-7-9-27-10-8-21/h3-10,13,17,19H,11-12,14-16H2,1-2H3,(H,28,33)/t19-/m1/s1. The van der Waals surface area contributed by atoms with Crippen molar-refractivity contribution in [1.29, 1.82) is 0 Å². The number of hydrogen-bond donors (Lipinski definition) is 1. The maximum atomic E-state index is 12.8. The van der Waals surface area contributed by atoms with Gasteiger partial charge in [0.05, 0.1) is 5.69 Å². The van der Waals surface area contributed by atoms with Crippen molar-refractivity contribution in [3.8, 4) is 0 Å². The zero-order valence-corrected chi connectivity index (χ0v) is 19.0. The fourth-order valence-corrected chi connectivity index (χ4v) is 4.56. The van der Waals surface area contributed by atoms with E-state index in [2.05, 4.69) is 69.4 Å². The predicted molar refractivity (Wildman–Crippen MR) is 130 cm³/mol. The Kier molecular flexibility index (Phi) is 5.77. The first kappa shape index (κ1) is 21.1. The number of benzene rings is 1. The molecule has 1 atom stereocenters. The minimum Gasteiger partial charge on any atom is -0.352 e. The van der Waals surface area contributed by atoms with Gasteiger partial charge < -0.3 is 15.1 Å². The Balaban J connectivity index is 1.26. The van der Waals surface area contributed by atoms with E-state index in [0.717, 1.165) is 47.7 Å². The van der Waals surface area contributed by atoms with Gasteiger partial charge in [-0.15, -0.1) is 0 Å². The second kappa shape index (κ2) is 9.02. The van der Waals surface area contributed by atoms with E-state index in [-0.39, 0.29) is 12.1 Å². The highest BCUT2D eigenvalue weighted by Crippen LogP contribution is 2.35. The monoisotopic (exact) mass is 440 g/mol. The number of piperazine rings is 1. The van der Waals surface area contributed by atoms with Crippen LogP contribution in [-0.4, -0.2) is 51.6 Å². The summed E-state index contributed by atoms with van der Waals surface area (Å²) in [4.78, 5) is 30.3. The van der Waals surface area contributed by atoms with Crippen LogP contribution in [0.3, 0.4) is 0 Å². The van der Waals surface area contributed by atoms with Crippen LogP contribution in [0.25, 0.3) is 11.6 Å². The molecule has 7 nitrogen and oxygen atoms in total. The average Bonchev–Trinajstić information content (AvgIpc) is 3.28. The number of fused-ring (bicyclic) bond motifs is 1. The predicted octanol–water partition coefficient (Wildman–Crippen LogP) is 3.70. The molecule has 2 aliphatic rings. The second-order valence-electron chi connectivity index (χ2n) is 8.77. The van der Waals surface area contributed by atoms with E-state index in [1.54, 1.807) is 6.33 Å². The first-order valence-electron chi connectivity index (χ1n) is 11.4. The molecule has 33 heavy (non-hydrogen) atoms. The quantitative estimate of drug-likeness (QED) is 0.670. The van der Waals surface area contributed by atoms with Crippen molar-refractivity contribution in [1.82, 2.24) is 25.2 Å². The molecule has 1 N–H and O–H groups in total. The molecule has 1 aliphatic heterocycles. The molecule has 1 aromatic carbocycles. The number of carbonyl (C=O) groups excluding carboxylic acids is 1. The Hall–Kier alpha value is -3.74. The molecule has 0 saturated carbocycles. The number of amides is 2. The van der Waals surface area contributed by atoms with E-state index in [4.69, 9.17) is 0 Å². The Labute approximate surface area is 194 Å². The van der Waals surface area contributed by atoms with Crippen LogP contribution in [-0.2, 0) is 13.0 Å². The maximum Gasteiger partial charge on any atom is 0.318 e. The van der Waals surface area contributed by atoms with Crippen molar-refractivity contribution in [2.24, 2.45) is 0 Å². The number of hydrogen-bond acceptors (Lipinski definition) is 5. The number of allylic oxidation sites excluding steroid dienone is 1. The van der Waals surface area contributed by atoms with Gasteiger partial charge in [0.25, 0.3) is 0 Å². The highest BCUT2D eigenvalue weighted by Gasteiger charge is 2.30. The Morgan fingerprint density at radius 3 is 2.64 bits per heavy atom. The molecule has 2 aromatic heterocycles. The SMILES string of the molecule is Cc1ccc(CNC(=O)N2CCN(c3ncnc4c3C=C(c3ccncc3)C4)C[C@H]2C)cc1. The van der Waals surface area contributed by atoms with Gasteiger partial charge in [-0.1, -0.05) is 29.8 Å². The first-order chi connectivity index (χ1) is 16.1. The van der Waals surface area contributed by atoms with E-state index in [1.807, 2.05) is 29.4 Å². The summed E-state index contributed by atoms with van der Waals surface area (Å²) >= 11 is 0. The summed E-state index contributed by atoms with van der Waals surface area (Å²) in [5.74, 6) is 0.954. The maximum absolute atomic E-state index is 12.8. The number of aryl methyl sites for hydroxylation is 1. The fraction of sp³-hybridized carbons (Fsp3) is 0.308. The number of pyridine rings is 1. The van der Waals surface area contributed by atoms with Crippen LogP contribution in [0, 0.1) is 6.92 Å². The highest BCUT2D eigenvalue weighted by atomic mass is 16.2. The Morgan fingerprint density at radius 1 is 1.09 bits per heavy atom. The molecule has 0 unspecified atom stereocenters. The molecule has 2 amide bonds. The van der Waals surface area contributed by atoms with E-state index < -0.39 is 0 Å². The topological polar surface area (TPSA) is 74.2 Å². The molecule has 1 saturated heterocycles. The van der Waals surface area contributed by atoms with E-state index in [1.165, 1.54) is 11.1 Å². The molecule has 0 spiro atoms. The number of carbonyl (C=O) groups is 1. The van der Waals surface area contributed by atoms with Crippen molar-refractivity contribution in [2.45, 2.75) is 32.9 Å². The number of rotatable bonds is 4. The number of aromatic nitrogens is 3. The van der Waals surface area contributed by atoms with E-state index in [9.17, 15) is 4.79 Å². The summed E-state index contributed by atoms with van der Waals surface area (Å²) in [6, 6.07) is 12.4. The molecule has 3 aromatic rings. The van der Waals surface area contributed by atoms with Crippen molar-refractivity contribution in [3.63, 3.8) is 0 Å². The summed E-state index contributed by atoms with van der Waals surface area (Å²) < 4.78 is 0. The first-order valence-corrected chi connectivity index (χ1v) is 11.4. The Bertz CT molecular complexity index is 1180. The van der Waals surface area contributed by atoms with Crippen LogP contribution in [0.5, 0.6) is 0 Å². The van der Waals surface area contributed by atoms with Crippen LogP contribution in [0.2, 0.25) is 0 Å². The van der Waals surface area contributed by atoms with Crippen molar-refractivity contribution < 1.29 is 4.79 Å². The van der Waals surface area contributed by atoms with Crippen molar-refractivity contribution >= 4 is 23.5 Å². The number of anilines is 1. The van der Waals surface area contributed by atoms with Gasteiger partial charge in [0.1, 0.15) is 12.1 Å². The minimum atomic E-state index is -0.0180. The second-order valence-corrected chi connectivity index (χ2v) is 8.77. The van der Waals surface area contributed by atoms with Gasteiger partial charge in [-0.2, -0.15) is 0 Å². The lowest BCUT2D eigenvalue weighted by Gasteiger charge is -2.40. The fourth-order valence-electron chi connectivity index (χ4n) is 4.56. The third-order valence-electron chi connectivity index (χ3n) is 6.43. The molecule has 1 aliphatic carbocycles. The van der Waals surface area contributed by atoms with Gasteiger partial charge in [-0.3, -0.25) is 4.98 Å². The van der Waals surface area contributed by atoms with Gasteiger partial charge >= 0.3 is 6.03 Å². The number of urea groups is 1. The van der Waals surface area contributed by atoms with E-state index in [0.29, 0.717) is 13.1 Å². The largest absolute Gasteiger partial charge is 0.352 e. The lowest BCUT2D eigenvalue weighted by Crippen LogP contribution is -2.56. The zero-order valence-electron chi connectivity index (χ0n) is 19.0. The molecule has 1 fully saturated rings. The average molecular weight is 441 g/mol. The molecule has 3 heterocycles. The Morgan fingerprint density at radius 2 is 1.88 bits per heavy atom. The third-order valence-corrected chi connectivity index (χ3v) is 6.43. The molecule has 0 bridgehead atoms. The summed E-state index contributed by atoms with van der Waals surface area (Å²) in [6.07, 6.45) is 8.28. The van der Waals surface area contributed by atoms with Crippen LogP contribution in [0.1, 0.15) is 34.9 Å².